The standard InChI is InChI=1S/C13H13NO2/c15-8-2-4-13(16)11-6-5-10-3-1-7-14-12(10)9-11/h1,3,5-7,9,15H,2,4,8H2. The SMILES string of the molecule is O=C(CCCO)c1ccc2cccnc2c1. The maximum atomic E-state index is 11.7. The molecule has 1 heterocycles. The molecule has 0 atom stereocenters. The van der Waals surface area contributed by atoms with Crippen molar-refractivity contribution in [2.24, 2.45) is 0 Å². The zero-order chi connectivity index (χ0) is 11.4. The van der Waals surface area contributed by atoms with Crippen molar-refractivity contribution in [2.45, 2.75) is 12.8 Å². The molecule has 2 aromatic rings. The highest BCUT2D eigenvalue weighted by atomic mass is 16.3. The maximum Gasteiger partial charge on any atom is 0.163 e. The van der Waals surface area contributed by atoms with Crippen LogP contribution in [0.1, 0.15) is 23.2 Å². The number of fused-ring (bicyclic) bond motifs is 1. The number of pyridine rings is 1. The zero-order valence-corrected chi connectivity index (χ0v) is 8.89. The lowest BCUT2D eigenvalue weighted by molar-refractivity contribution is 0.0971. The van der Waals surface area contributed by atoms with Gasteiger partial charge in [0.1, 0.15) is 0 Å². The smallest absolute Gasteiger partial charge is 0.163 e. The number of Topliss-reactive ketones (excluding diaryl/α,β-unsaturated/α-hetero) is 1. The largest absolute Gasteiger partial charge is 0.396 e. The summed E-state index contributed by atoms with van der Waals surface area (Å²) in [7, 11) is 0. The molecule has 0 aliphatic rings. The lowest BCUT2D eigenvalue weighted by atomic mass is 10.0. The topological polar surface area (TPSA) is 50.2 Å². The lowest BCUT2D eigenvalue weighted by Crippen LogP contribution is -2.00. The van der Waals surface area contributed by atoms with E-state index in [9.17, 15) is 4.79 Å². The Morgan fingerprint density at radius 3 is 3.00 bits per heavy atom. The molecule has 0 bridgehead atoms. The fourth-order valence-electron chi connectivity index (χ4n) is 1.62. The van der Waals surface area contributed by atoms with Gasteiger partial charge in [-0.25, -0.2) is 0 Å². The molecule has 16 heavy (non-hydrogen) atoms. The minimum Gasteiger partial charge on any atom is -0.396 e. The van der Waals surface area contributed by atoms with Crippen LogP contribution in [0.15, 0.2) is 36.5 Å². The molecule has 0 aliphatic heterocycles. The number of hydrogen-bond acceptors (Lipinski definition) is 3. The summed E-state index contributed by atoms with van der Waals surface area (Å²) in [4.78, 5) is 15.9. The van der Waals surface area contributed by atoms with Gasteiger partial charge < -0.3 is 5.11 Å². The van der Waals surface area contributed by atoms with Crippen molar-refractivity contribution in [3.63, 3.8) is 0 Å². The van der Waals surface area contributed by atoms with Crippen molar-refractivity contribution in [3.8, 4) is 0 Å². The first-order valence-electron chi connectivity index (χ1n) is 5.30. The number of hydrogen-bond donors (Lipinski definition) is 1. The van der Waals surface area contributed by atoms with Crippen molar-refractivity contribution in [3.05, 3.63) is 42.1 Å². The van der Waals surface area contributed by atoms with Crippen LogP contribution in [0.25, 0.3) is 10.9 Å². The Balaban J connectivity index is 2.28. The summed E-state index contributed by atoms with van der Waals surface area (Å²) in [5.74, 6) is 0.0570. The zero-order valence-electron chi connectivity index (χ0n) is 8.89. The number of carbonyl (C=O) groups excluding carboxylic acids is 1. The lowest BCUT2D eigenvalue weighted by Gasteiger charge is -2.01. The summed E-state index contributed by atoms with van der Waals surface area (Å²) < 4.78 is 0. The molecule has 0 unspecified atom stereocenters. The van der Waals surface area contributed by atoms with Crippen LogP contribution in [0.4, 0.5) is 0 Å². The molecule has 2 rings (SSSR count). The highest BCUT2D eigenvalue weighted by Crippen LogP contribution is 2.14. The third kappa shape index (κ3) is 2.25. The van der Waals surface area contributed by atoms with Crippen LogP contribution in [0, 0.1) is 0 Å². The van der Waals surface area contributed by atoms with Crippen LogP contribution in [-0.2, 0) is 0 Å². The number of aliphatic hydroxyl groups excluding tert-OH is 1. The highest BCUT2D eigenvalue weighted by molar-refractivity contribution is 5.99. The average molecular weight is 215 g/mol. The maximum absolute atomic E-state index is 11.7. The monoisotopic (exact) mass is 215 g/mol. The van der Waals surface area contributed by atoms with E-state index in [1.54, 1.807) is 12.3 Å². The number of ketones is 1. The van der Waals surface area contributed by atoms with Gasteiger partial charge in [0, 0.05) is 30.2 Å². The summed E-state index contributed by atoms with van der Waals surface area (Å²) in [5.41, 5.74) is 1.50. The fraction of sp³-hybridized carbons (Fsp3) is 0.231. The molecular formula is C13H13NO2. The Bertz CT molecular complexity index is 508. The van der Waals surface area contributed by atoms with Gasteiger partial charge in [0.15, 0.2) is 5.78 Å². The van der Waals surface area contributed by atoms with Crippen molar-refractivity contribution in [1.29, 1.82) is 0 Å². The van der Waals surface area contributed by atoms with E-state index >= 15 is 0 Å². The molecule has 1 aromatic heterocycles. The van der Waals surface area contributed by atoms with Gasteiger partial charge in [-0.2, -0.15) is 0 Å². The molecule has 0 fully saturated rings. The summed E-state index contributed by atoms with van der Waals surface area (Å²) in [5, 5.41) is 9.70. The van der Waals surface area contributed by atoms with Crippen molar-refractivity contribution >= 4 is 16.7 Å². The van der Waals surface area contributed by atoms with Gasteiger partial charge in [0.25, 0.3) is 0 Å². The molecule has 82 valence electrons. The van der Waals surface area contributed by atoms with Crippen LogP contribution in [-0.4, -0.2) is 22.5 Å². The second-order valence-corrected chi connectivity index (χ2v) is 3.66. The Morgan fingerprint density at radius 1 is 1.31 bits per heavy atom. The first-order valence-corrected chi connectivity index (χ1v) is 5.30. The van der Waals surface area contributed by atoms with E-state index in [-0.39, 0.29) is 12.4 Å². The third-order valence-corrected chi connectivity index (χ3v) is 2.49. The molecule has 0 saturated heterocycles. The van der Waals surface area contributed by atoms with Crippen LogP contribution in [0.3, 0.4) is 0 Å². The Hall–Kier alpha value is -1.74. The Kier molecular flexibility index (Phi) is 3.27. The quantitative estimate of drug-likeness (QED) is 0.795. The summed E-state index contributed by atoms with van der Waals surface area (Å²) in [6.07, 6.45) is 2.61. The predicted molar refractivity (Wildman–Crippen MR) is 62.4 cm³/mol. The first kappa shape index (κ1) is 10.8. The van der Waals surface area contributed by atoms with E-state index in [0.717, 1.165) is 10.9 Å². The first-order chi connectivity index (χ1) is 7.81. The second-order valence-electron chi connectivity index (χ2n) is 3.66. The highest BCUT2D eigenvalue weighted by Gasteiger charge is 2.06. The van der Waals surface area contributed by atoms with Crippen LogP contribution in [0.5, 0.6) is 0 Å². The summed E-state index contributed by atoms with van der Waals surface area (Å²) in [6, 6.07) is 9.34. The van der Waals surface area contributed by atoms with Crippen LogP contribution < -0.4 is 0 Å². The number of aliphatic hydroxyl groups is 1. The van der Waals surface area contributed by atoms with Gasteiger partial charge in [0.05, 0.1) is 5.52 Å². The molecule has 0 amide bonds. The van der Waals surface area contributed by atoms with Crippen molar-refractivity contribution in [1.82, 2.24) is 4.98 Å². The van der Waals surface area contributed by atoms with Gasteiger partial charge in [-0.3, -0.25) is 9.78 Å². The number of carbonyl (C=O) groups is 1. The van der Waals surface area contributed by atoms with Gasteiger partial charge in [-0.1, -0.05) is 18.2 Å². The molecule has 0 radical (unpaired) electrons. The van der Waals surface area contributed by atoms with Gasteiger partial charge >= 0.3 is 0 Å². The summed E-state index contributed by atoms with van der Waals surface area (Å²) >= 11 is 0. The van der Waals surface area contributed by atoms with Crippen LogP contribution in [0.2, 0.25) is 0 Å². The summed E-state index contributed by atoms with van der Waals surface area (Å²) in [6.45, 7) is 0.0531. The number of aromatic nitrogens is 1. The predicted octanol–water partition coefficient (Wildman–Crippen LogP) is 2.19. The van der Waals surface area contributed by atoms with Gasteiger partial charge in [-0.05, 0) is 18.6 Å². The molecular weight excluding hydrogens is 202 g/mol. The van der Waals surface area contributed by atoms with E-state index < -0.39 is 0 Å². The molecule has 0 spiro atoms. The van der Waals surface area contributed by atoms with Crippen molar-refractivity contribution < 1.29 is 9.90 Å². The number of nitrogens with zero attached hydrogens (tertiary/aromatic N) is 1. The van der Waals surface area contributed by atoms with E-state index in [2.05, 4.69) is 4.98 Å². The third-order valence-electron chi connectivity index (χ3n) is 2.49. The van der Waals surface area contributed by atoms with Gasteiger partial charge in [0.2, 0.25) is 0 Å². The van der Waals surface area contributed by atoms with Crippen molar-refractivity contribution in [2.75, 3.05) is 6.61 Å². The average Bonchev–Trinajstić information content (AvgIpc) is 2.35. The Morgan fingerprint density at radius 2 is 2.19 bits per heavy atom. The molecule has 3 heteroatoms. The van der Waals surface area contributed by atoms with E-state index in [1.807, 2.05) is 24.3 Å². The van der Waals surface area contributed by atoms with Gasteiger partial charge in [-0.15, -0.1) is 0 Å². The molecule has 3 nitrogen and oxygen atoms in total. The molecule has 1 N–H and O–H groups in total. The minimum atomic E-state index is 0.0531. The van der Waals surface area contributed by atoms with E-state index in [4.69, 9.17) is 5.11 Å². The normalized spacial score (nSPS) is 10.6. The second kappa shape index (κ2) is 4.86. The molecule has 0 saturated carbocycles. The number of rotatable bonds is 4. The fourth-order valence-corrected chi connectivity index (χ4v) is 1.62. The van der Waals surface area contributed by atoms with Crippen LogP contribution >= 0.6 is 0 Å². The van der Waals surface area contributed by atoms with E-state index in [1.165, 1.54) is 0 Å². The molecule has 1 aromatic carbocycles. The van der Waals surface area contributed by atoms with E-state index in [0.29, 0.717) is 18.4 Å². The Labute approximate surface area is 93.7 Å². The minimum absolute atomic E-state index is 0.0531. The number of benzene rings is 1. The molecule has 0 aliphatic carbocycles.